The van der Waals surface area contributed by atoms with E-state index >= 15 is 0 Å². The maximum Gasteiger partial charge on any atom is 0.240 e. The third-order valence-corrected chi connectivity index (χ3v) is 6.99. The second-order valence-electron chi connectivity index (χ2n) is 6.70. The molecule has 0 radical (unpaired) electrons. The van der Waals surface area contributed by atoms with E-state index in [1.807, 2.05) is 36.4 Å². The van der Waals surface area contributed by atoms with E-state index in [-0.39, 0.29) is 28.1 Å². The highest BCUT2D eigenvalue weighted by atomic mass is 35.5. The second-order valence-corrected chi connectivity index (χ2v) is 10.1. The van der Waals surface area contributed by atoms with Crippen LogP contribution < -0.4 is 4.72 Å². The lowest BCUT2D eigenvalue weighted by Gasteiger charge is -2.08. The summed E-state index contributed by atoms with van der Waals surface area (Å²) in [6, 6.07) is 17.3. The quantitative estimate of drug-likeness (QED) is 0.500. The number of halogens is 1. The fourth-order valence-electron chi connectivity index (χ4n) is 2.91. The Morgan fingerprint density at radius 1 is 0.967 bits per heavy atom. The van der Waals surface area contributed by atoms with Crippen LogP contribution >= 0.6 is 23.4 Å². The molecule has 0 fully saturated rings. The van der Waals surface area contributed by atoms with Crippen LogP contribution in [0.15, 0.2) is 65.6 Å². The molecule has 0 saturated carbocycles. The number of Topliss-reactive ketones (excluding diaryl/α,β-unsaturated/α-hetero) is 1. The molecular formula is C22H20ClNO4S2. The summed E-state index contributed by atoms with van der Waals surface area (Å²) >= 11 is 6.92. The van der Waals surface area contributed by atoms with Gasteiger partial charge in [-0.2, -0.15) is 0 Å². The van der Waals surface area contributed by atoms with E-state index in [0.29, 0.717) is 17.0 Å². The number of sulfonamides is 1. The standard InChI is InChI=1S/C22H20ClNO4S2/c1-15(25)29-14-22(26)17-5-8-21(9-6-17)30(27,28)24-11-10-16-2-3-19-13-20(23)7-4-18(19)12-16/h2-9,12-13,24H,10-11,14H2,1H3. The summed E-state index contributed by atoms with van der Waals surface area (Å²) in [4.78, 5) is 23.1. The number of hydrogen-bond acceptors (Lipinski definition) is 5. The number of ketones is 1. The molecule has 0 spiro atoms. The molecule has 0 heterocycles. The van der Waals surface area contributed by atoms with Crippen LogP contribution in [0, 0.1) is 0 Å². The highest BCUT2D eigenvalue weighted by Gasteiger charge is 2.15. The zero-order valence-electron chi connectivity index (χ0n) is 16.2. The summed E-state index contributed by atoms with van der Waals surface area (Å²) in [5.41, 5.74) is 1.38. The Bertz CT molecular complexity index is 1190. The molecule has 0 amide bonds. The fourth-order valence-corrected chi connectivity index (χ4v) is 4.62. The van der Waals surface area contributed by atoms with Crippen LogP contribution in [-0.2, 0) is 21.2 Å². The van der Waals surface area contributed by atoms with Crippen molar-refractivity contribution in [2.75, 3.05) is 12.3 Å². The van der Waals surface area contributed by atoms with Crippen molar-refractivity contribution in [2.45, 2.75) is 18.2 Å². The molecule has 30 heavy (non-hydrogen) atoms. The minimum atomic E-state index is -3.68. The lowest BCUT2D eigenvalue weighted by Crippen LogP contribution is -2.26. The molecular weight excluding hydrogens is 442 g/mol. The Hall–Kier alpha value is -2.19. The first kappa shape index (κ1) is 22.5. The highest BCUT2D eigenvalue weighted by Crippen LogP contribution is 2.21. The molecule has 3 aromatic carbocycles. The molecule has 1 N–H and O–H groups in total. The molecule has 0 aromatic heterocycles. The van der Waals surface area contributed by atoms with Gasteiger partial charge in [0, 0.05) is 24.1 Å². The summed E-state index contributed by atoms with van der Waals surface area (Å²) in [6.45, 7) is 1.64. The van der Waals surface area contributed by atoms with Gasteiger partial charge < -0.3 is 0 Å². The van der Waals surface area contributed by atoms with E-state index in [9.17, 15) is 18.0 Å². The molecule has 3 aromatic rings. The predicted molar refractivity (Wildman–Crippen MR) is 122 cm³/mol. The van der Waals surface area contributed by atoms with E-state index in [2.05, 4.69) is 4.72 Å². The summed E-state index contributed by atoms with van der Waals surface area (Å²) in [6.07, 6.45) is 0.538. The Morgan fingerprint density at radius 3 is 2.33 bits per heavy atom. The lowest BCUT2D eigenvalue weighted by atomic mass is 10.1. The largest absolute Gasteiger partial charge is 0.293 e. The summed E-state index contributed by atoms with van der Waals surface area (Å²) in [5, 5.41) is 2.61. The molecule has 8 heteroatoms. The number of thioether (sulfide) groups is 1. The molecule has 0 atom stereocenters. The van der Waals surface area contributed by atoms with Gasteiger partial charge in [0.15, 0.2) is 10.9 Å². The second kappa shape index (κ2) is 9.75. The summed E-state index contributed by atoms with van der Waals surface area (Å²) in [5.74, 6) is -0.179. The van der Waals surface area contributed by atoms with Crippen LogP contribution in [-0.4, -0.2) is 31.6 Å². The van der Waals surface area contributed by atoms with Gasteiger partial charge in [-0.25, -0.2) is 13.1 Å². The Labute approximate surface area is 184 Å². The van der Waals surface area contributed by atoms with Gasteiger partial charge in [0.25, 0.3) is 0 Å². The van der Waals surface area contributed by atoms with Crippen molar-refractivity contribution in [2.24, 2.45) is 0 Å². The van der Waals surface area contributed by atoms with Crippen molar-refractivity contribution >= 4 is 55.1 Å². The average Bonchev–Trinajstić information content (AvgIpc) is 2.72. The molecule has 0 unspecified atom stereocenters. The molecule has 156 valence electrons. The average molecular weight is 462 g/mol. The number of carbonyl (C=O) groups is 2. The van der Waals surface area contributed by atoms with Crippen LogP contribution in [0.1, 0.15) is 22.8 Å². The predicted octanol–water partition coefficient (Wildman–Crippen LogP) is 4.48. The number of fused-ring (bicyclic) bond motifs is 1. The van der Waals surface area contributed by atoms with Crippen molar-refractivity contribution in [1.29, 1.82) is 0 Å². The van der Waals surface area contributed by atoms with Gasteiger partial charge in [0.05, 0.1) is 10.6 Å². The maximum absolute atomic E-state index is 12.5. The van der Waals surface area contributed by atoms with Crippen molar-refractivity contribution in [3.05, 3.63) is 76.8 Å². The van der Waals surface area contributed by atoms with Gasteiger partial charge in [0.2, 0.25) is 10.0 Å². The van der Waals surface area contributed by atoms with Crippen molar-refractivity contribution in [3.63, 3.8) is 0 Å². The molecule has 0 saturated heterocycles. The molecule has 5 nitrogen and oxygen atoms in total. The van der Waals surface area contributed by atoms with Gasteiger partial charge in [-0.3, -0.25) is 9.59 Å². The van der Waals surface area contributed by atoms with Gasteiger partial charge in [-0.05, 0) is 47.0 Å². The zero-order chi connectivity index (χ0) is 21.7. The first-order valence-electron chi connectivity index (χ1n) is 9.19. The molecule has 3 rings (SSSR count). The summed E-state index contributed by atoms with van der Waals surface area (Å²) in [7, 11) is -3.68. The Balaban J connectivity index is 1.60. The molecule has 0 aliphatic carbocycles. The van der Waals surface area contributed by atoms with Crippen molar-refractivity contribution in [3.8, 4) is 0 Å². The van der Waals surface area contributed by atoms with E-state index in [0.717, 1.165) is 28.1 Å². The Morgan fingerprint density at radius 2 is 1.63 bits per heavy atom. The number of benzene rings is 3. The van der Waals surface area contributed by atoms with Crippen molar-refractivity contribution in [1.82, 2.24) is 4.72 Å². The normalized spacial score (nSPS) is 11.5. The summed E-state index contributed by atoms with van der Waals surface area (Å²) < 4.78 is 27.6. The van der Waals surface area contributed by atoms with E-state index in [1.54, 1.807) is 0 Å². The minimum absolute atomic E-state index is 0.0393. The van der Waals surface area contributed by atoms with E-state index < -0.39 is 10.0 Å². The highest BCUT2D eigenvalue weighted by molar-refractivity contribution is 8.14. The number of carbonyl (C=O) groups excluding carboxylic acids is 2. The van der Waals surface area contributed by atoms with Gasteiger partial charge in [-0.1, -0.05) is 59.8 Å². The van der Waals surface area contributed by atoms with Crippen LogP contribution in [0.2, 0.25) is 5.02 Å². The molecule has 0 aliphatic heterocycles. The van der Waals surface area contributed by atoms with Gasteiger partial charge >= 0.3 is 0 Å². The number of nitrogens with one attached hydrogen (secondary N) is 1. The van der Waals surface area contributed by atoms with Crippen LogP contribution in [0.25, 0.3) is 10.8 Å². The van der Waals surface area contributed by atoms with Crippen molar-refractivity contribution < 1.29 is 18.0 Å². The Kier molecular flexibility index (Phi) is 7.31. The smallest absolute Gasteiger partial charge is 0.240 e. The monoisotopic (exact) mass is 461 g/mol. The van der Waals surface area contributed by atoms with Crippen LogP contribution in [0.5, 0.6) is 0 Å². The number of hydrogen-bond donors (Lipinski definition) is 1. The third kappa shape index (κ3) is 5.92. The first-order chi connectivity index (χ1) is 14.2. The lowest BCUT2D eigenvalue weighted by molar-refractivity contribution is -0.109. The fraction of sp³-hybridized carbons (Fsp3) is 0.182. The topological polar surface area (TPSA) is 80.3 Å². The zero-order valence-corrected chi connectivity index (χ0v) is 18.6. The molecule has 0 bridgehead atoms. The number of rotatable bonds is 8. The third-order valence-electron chi connectivity index (χ3n) is 4.47. The van der Waals surface area contributed by atoms with E-state index in [4.69, 9.17) is 11.6 Å². The minimum Gasteiger partial charge on any atom is -0.293 e. The first-order valence-corrected chi connectivity index (χ1v) is 12.0. The maximum atomic E-state index is 12.5. The SMILES string of the molecule is CC(=O)SCC(=O)c1ccc(S(=O)(=O)NCCc2ccc3cc(Cl)ccc3c2)cc1. The van der Waals surface area contributed by atoms with Crippen LogP contribution in [0.3, 0.4) is 0 Å². The molecule has 0 aliphatic rings. The van der Waals surface area contributed by atoms with Gasteiger partial charge in [-0.15, -0.1) is 0 Å². The van der Waals surface area contributed by atoms with Gasteiger partial charge in [0.1, 0.15) is 0 Å². The van der Waals surface area contributed by atoms with E-state index in [1.165, 1.54) is 31.2 Å². The van der Waals surface area contributed by atoms with Crippen LogP contribution in [0.4, 0.5) is 0 Å².